The highest BCUT2D eigenvalue weighted by molar-refractivity contribution is 5.78. The average molecular weight is 407 g/mol. The number of unbranched alkanes of at least 4 members (excludes halogenated alkanes) is 1. The van der Waals surface area contributed by atoms with Gasteiger partial charge < -0.3 is 40.0 Å². The van der Waals surface area contributed by atoms with Gasteiger partial charge >= 0.3 is 0 Å². The lowest BCUT2D eigenvalue weighted by atomic mass is 9.97. The van der Waals surface area contributed by atoms with Gasteiger partial charge in [-0.2, -0.15) is 0 Å². The van der Waals surface area contributed by atoms with Crippen LogP contribution in [-0.4, -0.2) is 96.3 Å². The first kappa shape index (κ1) is 24.9. The Balaban J connectivity index is 2.42. The smallest absolute Gasteiger partial charge is 0.217 e. The van der Waals surface area contributed by atoms with Crippen molar-refractivity contribution in [2.45, 2.75) is 63.3 Å². The minimum absolute atomic E-state index is 0.0278. The van der Waals surface area contributed by atoms with Crippen LogP contribution in [0.2, 0.25) is 0 Å². The second kappa shape index (κ2) is 13.2. The maximum Gasteiger partial charge on any atom is 0.217 e. The predicted octanol–water partition coefficient (Wildman–Crippen LogP) is -1.67. The molecule has 1 fully saturated rings. The molecule has 1 rings (SSSR count). The summed E-state index contributed by atoms with van der Waals surface area (Å²) in [7, 11) is 1.52. The van der Waals surface area contributed by atoms with E-state index in [9.17, 15) is 30.0 Å². The van der Waals surface area contributed by atoms with Crippen molar-refractivity contribution in [2.24, 2.45) is 5.92 Å². The molecule has 1 aliphatic heterocycles. The molecule has 0 aromatic carbocycles. The molecule has 5 N–H and O–H groups in total. The van der Waals surface area contributed by atoms with Crippen molar-refractivity contribution in [3.8, 4) is 0 Å². The number of hydrogen-bond donors (Lipinski definition) is 5. The van der Waals surface area contributed by atoms with Crippen LogP contribution in [0.3, 0.4) is 0 Å². The monoisotopic (exact) mass is 407 g/mol. The van der Waals surface area contributed by atoms with Crippen LogP contribution in [0.1, 0.15) is 32.6 Å². The van der Waals surface area contributed by atoms with Crippen LogP contribution in [0.25, 0.3) is 0 Å². The third-order valence-corrected chi connectivity index (χ3v) is 4.56. The number of Topliss-reactive ketones (excluding diaryl/α,β-unsaturated/α-hetero) is 1. The average Bonchev–Trinajstić information content (AvgIpc) is 2.66. The number of aliphatic hydroxyl groups excluding tert-OH is 4. The molecule has 0 aromatic heterocycles. The van der Waals surface area contributed by atoms with Gasteiger partial charge in [-0.3, -0.25) is 9.59 Å². The standard InChI is InChI=1S/C18H33NO9/c1-11(22)19-15-17(25)16(24)14(9-21)28-18(15)27-6-4-3-5-13(23)7-12(8-20)10-26-2/h12,14-18,20-21,24-25H,3-10H2,1-2H3,(H,19,22)/t12-,14?,15?,16-,17+,18+/m0/s1. The van der Waals surface area contributed by atoms with Gasteiger partial charge in [-0.15, -0.1) is 0 Å². The molecule has 10 nitrogen and oxygen atoms in total. The highest BCUT2D eigenvalue weighted by Crippen LogP contribution is 2.22. The molecule has 0 bridgehead atoms. The summed E-state index contributed by atoms with van der Waals surface area (Å²) in [5, 5.41) is 41.0. The van der Waals surface area contributed by atoms with Crippen molar-refractivity contribution in [1.82, 2.24) is 5.32 Å². The summed E-state index contributed by atoms with van der Waals surface area (Å²) in [5.41, 5.74) is 0. The Labute approximate surface area is 164 Å². The fourth-order valence-electron chi connectivity index (χ4n) is 3.07. The number of hydrogen-bond acceptors (Lipinski definition) is 9. The van der Waals surface area contributed by atoms with Crippen molar-refractivity contribution in [2.75, 3.05) is 33.5 Å². The van der Waals surface area contributed by atoms with E-state index in [0.717, 1.165) is 0 Å². The molecule has 0 saturated carbocycles. The predicted molar refractivity (Wildman–Crippen MR) is 97.2 cm³/mol. The molecule has 1 heterocycles. The Morgan fingerprint density at radius 2 is 1.89 bits per heavy atom. The zero-order valence-electron chi connectivity index (χ0n) is 16.5. The number of aliphatic hydroxyl groups is 4. The zero-order valence-corrected chi connectivity index (χ0v) is 16.5. The summed E-state index contributed by atoms with van der Waals surface area (Å²) in [6, 6.07) is -0.976. The van der Waals surface area contributed by atoms with Crippen LogP contribution in [0.5, 0.6) is 0 Å². The number of carbonyl (C=O) groups excluding carboxylic acids is 2. The van der Waals surface area contributed by atoms with Gasteiger partial charge in [0.05, 0.1) is 13.2 Å². The summed E-state index contributed by atoms with van der Waals surface area (Å²) in [6.07, 6.45) is -3.07. The lowest BCUT2D eigenvalue weighted by Gasteiger charge is -2.42. The van der Waals surface area contributed by atoms with Crippen LogP contribution in [0, 0.1) is 5.92 Å². The van der Waals surface area contributed by atoms with Crippen LogP contribution < -0.4 is 5.32 Å². The van der Waals surface area contributed by atoms with Crippen LogP contribution >= 0.6 is 0 Å². The molecule has 10 heteroatoms. The SMILES string of the molecule is COC[C@H](CO)CC(=O)CCCCO[C@@H]1OC(CO)[C@H](O)[C@H](O)C1NC(C)=O. The van der Waals surface area contributed by atoms with Gasteiger partial charge in [0.25, 0.3) is 0 Å². The van der Waals surface area contributed by atoms with Crippen molar-refractivity contribution in [3.05, 3.63) is 0 Å². The fraction of sp³-hybridized carbons (Fsp3) is 0.889. The summed E-state index contributed by atoms with van der Waals surface area (Å²) in [5.74, 6) is -0.595. The van der Waals surface area contributed by atoms with E-state index in [-0.39, 0.29) is 31.3 Å². The first-order valence-corrected chi connectivity index (χ1v) is 9.46. The van der Waals surface area contributed by atoms with E-state index < -0.39 is 43.2 Å². The molecule has 6 atom stereocenters. The van der Waals surface area contributed by atoms with E-state index >= 15 is 0 Å². The molecule has 1 aliphatic rings. The molecule has 1 amide bonds. The molecule has 28 heavy (non-hydrogen) atoms. The molecule has 0 radical (unpaired) electrons. The van der Waals surface area contributed by atoms with Gasteiger partial charge in [0.15, 0.2) is 6.29 Å². The number of rotatable bonds is 13. The molecule has 2 unspecified atom stereocenters. The normalized spacial score (nSPS) is 28.7. The second-order valence-electron chi connectivity index (χ2n) is 7.01. The number of ether oxygens (including phenoxy) is 3. The molecular weight excluding hydrogens is 374 g/mol. The van der Waals surface area contributed by atoms with Crippen LogP contribution in [-0.2, 0) is 23.8 Å². The number of amides is 1. The number of carbonyl (C=O) groups is 2. The zero-order chi connectivity index (χ0) is 21.1. The molecule has 164 valence electrons. The van der Waals surface area contributed by atoms with E-state index in [0.29, 0.717) is 25.9 Å². The highest BCUT2D eigenvalue weighted by atomic mass is 16.7. The van der Waals surface area contributed by atoms with Crippen LogP contribution in [0.4, 0.5) is 0 Å². The number of nitrogens with one attached hydrogen (secondary N) is 1. The van der Waals surface area contributed by atoms with Gasteiger partial charge in [-0.1, -0.05) is 0 Å². The van der Waals surface area contributed by atoms with E-state index in [1.165, 1.54) is 14.0 Å². The first-order valence-electron chi connectivity index (χ1n) is 9.46. The van der Waals surface area contributed by atoms with Crippen molar-refractivity contribution < 1.29 is 44.2 Å². The minimum Gasteiger partial charge on any atom is -0.396 e. The quantitative estimate of drug-likeness (QED) is 0.225. The maximum absolute atomic E-state index is 11.9. The molecule has 1 saturated heterocycles. The maximum atomic E-state index is 11.9. The van der Waals surface area contributed by atoms with Gasteiger partial charge in [-0.25, -0.2) is 0 Å². The summed E-state index contributed by atoms with van der Waals surface area (Å²) in [4.78, 5) is 23.3. The molecular formula is C18H33NO9. The summed E-state index contributed by atoms with van der Waals surface area (Å²) < 4.78 is 16.0. The first-order chi connectivity index (χ1) is 13.3. The van der Waals surface area contributed by atoms with Gasteiger partial charge in [0.2, 0.25) is 5.91 Å². The Morgan fingerprint density at radius 1 is 1.18 bits per heavy atom. The Hall–Kier alpha value is -1.14. The second-order valence-corrected chi connectivity index (χ2v) is 7.01. The lowest BCUT2D eigenvalue weighted by Crippen LogP contribution is -2.64. The van der Waals surface area contributed by atoms with Gasteiger partial charge in [0, 0.05) is 46.0 Å². The van der Waals surface area contributed by atoms with Crippen LogP contribution in [0.15, 0.2) is 0 Å². The van der Waals surface area contributed by atoms with Crippen molar-refractivity contribution in [3.63, 3.8) is 0 Å². The third kappa shape index (κ3) is 8.08. The van der Waals surface area contributed by atoms with Crippen molar-refractivity contribution >= 4 is 11.7 Å². The Morgan fingerprint density at radius 3 is 2.46 bits per heavy atom. The molecule has 0 spiro atoms. The van der Waals surface area contributed by atoms with E-state index in [1.807, 2.05) is 0 Å². The molecule has 0 aromatic rings. The van der Waals surface area contributed by atoms with E-state index in [2.05, 4.69) is 5.32 Å². The minimum atomic E-state index is -1.36. The number of ketones is 1. The van der Waals surface area contributed by atoms with Gasteiger partial charge in [-0.05, 0) is 12.8 Å². The topological polar surface area (TPSA) is 155 Å². The highest BCUT2D eigenvalue weighted by Gasteiger charge is 2.45. The Kier molecular flexibility index (Phi) is 11.7. The summed E-state index contributed by atoms with van der Waals surface area (Å²) in [6.45, 7) is 1.19. The lowest BCUT2D eigenvalue weighted by molar-refractivity contribution is -0.270. The summed E-state index contributed by atoms with van der Waals surface area (Å²) >= 11 is 0. The fourth-order valence-corrected chi connectivity index (χ4v) is 3.07. The Bertz CT molecular complexity index is 476. The van der Waals surface area contributed by atoms with Gasteiger partial charge in [0.1, 0.15) is 30.1 Å². The molecule has 0 aliphatic carbocycles. The number of methoxy groups -OCH3 is 1. The van der Waals surface area contributed by atoms with E-state index in [1.54, 1.807) is 0 Å². The largest absolute Gasteiger partial charge is 0.396 e. The third-order valence-electron chi connectivity index (χ3n) is 4.56. The van der Waals surface area contributed by atoms with E-state index in [4.69, 9.17) is 14.2 Å². The van der Waals surface area contributed by atoms with Crippen molar-refractivity contribution in [1.29, 1.82) is 0 Å².